The van der Waals surface area contributed by atoms with E-state index in [4.69, 9.17) is 10.5 Å². The van der Waals surface area contributed by atoms with Gasteiger partial charge in [0.2, 0.25) is 0 Å². The summed E-state index contributed by atoms with van der Waals surface area (Å²) in [7, 11) is 0. The first-order chi connectivity index (χ1) is 9.33. The molecule has 0 radical (unpaired) electrons. The van der Waals surface area contributed by atoms with E-state index in [9.17, 15) is 0 Å². The topological polar surface area (TPSA) is 38.5 Å². The Labute approximate surface area is 116 Å². The second-order valence-corrected chi connectivity index (χ2v) is 5.32. The molecule has 1 fully saturated rings. The fraction of sp³-hybridized carbons (Fsp3) is 0.625. The van der Waals surface area contributed by atoms with Crippen LogP contribution in [-0.4, -0.2) is 36.7 Å². The van der Waals surface area contributed by atoms with Crippen LogP contribution in [0.2, 0.25) is 0 Å². The molecule has 1 heterocycles. The van der Waals surface area contributed by atoms with E-state index < -0.39 is 0 Å². The summed E-state index contributed by atoms with van der Waals surface area (Å²) in [5, 5.41) is 0. The lowest BCUT2D eigenvalue weighted by Crippen LogP contribution is -2.44. The highest BCUT2D eigenvalue weighted by Crippen LogP contribution is 2.22. The van der Waals surface area contributed by atoms with Crippen molar-refractivity contribution in [1.82, 2.24) is 4.90 Å². The van der Waals surface area contributed by atoms with Gasteiger partial charge in [-0.15, -0.1) is 0 Å². The van der Waals surface area contributed by atoms with Gasteiger partial charge in [-0.3, -0.25) is 4.90 Å². The van der Waals surface area contributed by atoms with Crippen LogP contribution >= 0.6 is 0 Å². The van der Waals surface area contributed by atoms with Gasteiger partial charge in [0, 0.05) is 32.3 Å². The molecule has 0 spiro atoms. The van der Waals surface area contributed by atoms with Gasteiger partial charge in [0.05, 0.1) is 6.10 Å². The van der Waals surface area contributed by atoms with Crippen LogP contribution in [-0.2, 0) is 11.3 Å². The maximum Gasteiger partial charge on any atom is 0.0587 e. The predicted molar refractivity (Wildman–Crippen MR) is 79.0 cm³/mol. The molecule has 0 aromatic heterocycles. The van der Waals surface area contributed by atoms with Gasteiger partial charge in [0.1, 0.15) is 0 Å². The van der Waals surface area contributed by atoms with Crippen LogP contribution in [0.1, 0.15) is 31.7 Å². The maximum absolute atomic E-state index is 5.78. The van der Waals surface area contributed by atoms with Gasteiger partial charge in [-0.25, -0.2) is 0 Å². The molecule has 2 atom stereocenters. The van der Waals surface area contributed by atoms with E-state index in [2.05, 4.69) is 42.2 Å². The SMILES string of the molecule is CCC1CC(N(CCN)Cc2ccccc2)CCO1. The first-order valence-corrected chi connectivity index (χ1v) is 7.43. The summed E-state index contributed by atoms with van der Waals surface area (Å²) in [6, 6.07) is 11.3. The lowest BCUT2D eigenvalue weighted by Gasteiger charge is -2.37. The van der Waals surface area contributed by atoms with E-state index in [0.29, 0.717) is 12.1 Å². The van der Waals surface area contributed by atoms with Crippen LogP contribution in [0.3, 0.4) is 0 Å². The van der Waals surface area contributed by atoms with Crippen molar-refractivity contribution in [1.29, 1.82) is 0 Å². The normalized spacial score (nSPS) is 23.7. The molecule has 1 aromatic carbocycles. The van der Waals surface area contributed by atoms with Gasteiger partial charge >= 0.3 is 0 Å². The molecule has 1 aromatic rings. The van der Waals surface area contributed by atoms with E-state index >= 15 is 0 Å². The number of hydrogen-bond donors (Lipinski definition) is 1. The summed E-state index contributed by atoms with van der Waals surface area (Å²) < 4.78 is 5.78. The monoisotopic (exact) mass is 262 g/mol. The lowest BCUT2D eigenvalue weighted by atomic mass is 9.99. The zero-order valence-corrected chi connectivity index (χ0v) is 11.9. The lowest BCUT2D eigenvalue weighted by molar-refractivity contribution is -0.0295. The third-order valence-electron chi connectivity index (χ3n) is 3.96. The molecule has 3 nitrogen and oxygen atoms in total. The number of nitrogens with zero attached hydrogens (tertiary/aromatic N) is 1. The van der Waals surface area contributed by atoms with E-state index in [1.54, 1.807) is 0 Å². The van der Waals surface area contributed by atoms with E-state index in [1.165, 1.54) is 5.56 Å². The molecule has 2 N–H and O–H groups in total. The number of benzene rings is 1. The summed E-state index contributed by atoms with van der Waals surface area (Å²) in [5.41, 5.74) is 7.15. The van der Waals surface area contributed by atoms with Crippen LogP contribution in [0.4, 0.5) is 0 Å². The van der Waals surface area contributed by atoms with Gasteiger partial charge in [-0.05, 0) is 24.8 Å². The molecule has 0 bridgehead atoms. The molecule has 19 heavy (non-hydrogen) atoms. The van der Waals surface area contributed by atoms with E-state index in [-0.39, 0.29) is 0 Å². The Bertz CT molecular complexity index is 355. The van der Waals surface area contributed by atoms with Crippen molar-refractivity contribution in [2.75, 3.05) is 19.7 Å². The summed E-state index contributed by atoms with van der Waals surface area (Å²) >= 11 is 0. The van der Waals surface area contributed by atoms with Gasteiger partial charge in [-0.1, -0.05) is 37.3 Å². The van der Waals surface area contributed by atoms with Crippen molar-refractivity contribution >= 4 is 0 Å². The van der Waals surface area contributed by atoms with Gasteiger partial charge in [0.25, 0.3) is 0 Å². The standard InChI is InChI=1S/C16H26N2O/c1-2-16-12-15(8-11-19-16)18(10-9-17)13-14-6-4-3-5-7-14/h3-7,15-16H,2,8-13,17H2,1H3. The molecule has 106 valence electrons. The molecule has 0 aliphatic carbocycles. The number of nitrogens with two attached hydrogens (primary N) is 1. The van der Waals surface area contributed by atoms with Crippen molar-refractivity contribution in [3.63, 3.8) is 0 Å². The molecule has 1 saturated heterocycles. The molecular formula is C16H26N2O. The Hall–Kier alpha value is -0.900. The molecule has 0 saturated carbocycles. The Balaban J connectivity index is 1.98. The molecule has 2 unspecified atom stereocenters. The average Bonchev–Trinajstić information content (AvgIpc) is 2.48. The molecule has 0 amide bonds. The highest BCUT2D eigenvalue weighted by atomic mass is 16.5. The summed E-state index contributed by atoms with van der Waals surface area (Å²) in [4.78, 5) is 2.53. The average molecular weight is 262 g/mol. The summed E-state index contributed by atoms with van der Waals surface area (Å²) in [6.07, 6.45) is 3.81. The van der Waals surface area contributed by atoms with Crippen LogP contribution in [0.5, 0.6) is 0 Å². The van der Waals surface area contributed by atoms with Crippen LogP contribution in [0, 0.1) is 0 Å². The number of ether oxygens (including phenoxy) is 1. The minimum Gasteiger partial charge on any atom is -0.378 e. The molecular weight excluding hydrogens is 236 g/mol. The van der Waals surface area contributed by atoms with Crippen molar-refractivity contribution in [2.24, 2.45) is 5.73 Å². The maximum atomic E-state index is 5.78. The Morgan fingerprint density at radius 3 is 2.79 bits per heavy atom. The molecule has 1 aliphatic rings. The van der Waals surface area contributed by atoms with Crippen LogP contribution in [0.25, 0.3) is 0 Å². The molecule has 1 aliphatic heterocycles. The van der Waals surface area contributed by atoms with Crippen molar-refractivity contribution in [2.45, 2.75) is 44.9 Å². The van der Waals surface area contributed by atoms with E-state index in [0.717, 1.165) is 45.5 Å². The summed E-state index contributed by atoms with van der Waals surface area (Å²) in [5.74, 6) is 0. The third-order valence-corrected chi connectivity index (χ3v) is 3.96. The highest BCUT2D eigenvalue weighted by molar-refractivity contribution is 5.14. The van der Waals surface area contributed by atoms with Crippen molar-refractivity contribution in [3.8, 4) is 0 Å². The predicted octanol–water partition coefficient (Wildman–Crippen LogP) is 2.40. The zero-order chi connectivity index (χ0) is 13.5. The van der Waals surface area contributed by atoms with Gasteiger partial charge in [-0.2, -0.15) is 0 Å². The van der Waals surface area contributed by atoms with Gasteiger partial charge < -0.3 is 10.5 Å². The second kappa shape index (κ2) is 7.63. The van der Waals surface area contributed by atoms with E-state index in [1.807, 2.05) is 0 Å². The smallest absolute Gasteiger partial charge is 0.0587 e. The second-order valence-electron chi connectivity index (χ2n) is 5.32. The van der Waals surface area contributed by atoms with Crippen molar-refractivity contribution < 1.29 is 4.74 Å². The Morgan fingerprint density at radius 1 is 1.32 bits per heavy atom. The first kappa shape index (κ1) is 14.5. The minimum atomic E-state index is 0.426. The van der Waals surface area contributed by atoms with Crippen LogP contribution < -0.4 is 5.73 Å². The Morgan fingerprint density at radius 2 is 2.11 bits per heavy atom. The van der Waals surface area contributed by atoms with Crippen LogP contribution in [0.15, 0.2) is 30.3 Å². The first-order valence-electron chi connectivity index (χ1n) is 7.43. The molecule has 2 rings (SSSR count). The number of rotatable bonds is 6. The number of hydrogen-bond acceptors (Lipinski definition) is 3. The van der Waals surface area contributed by atoms with Gasteiger partial charge in [0.15, 0.2) is 0 Å². The quantitative estimate of drug-likeness (QED) is 0.855. The largest absolute Gasteiger partial charge is 0.378 e. The Kier molecular flexibility index (Phi) is 5.83. The minimum absolute atomic E-state index is 0.426. The third kappa shape index (κ3) is 4.30. The highest BCUT2D eigenvalue weighted by Gasteiger charge is 2.26. The fourth-order valence-corrected chi connectivity index (χ4v) is 2.85. The zero-order valence-electron chi connectivity index (χ0n) is 11.9. The fourth-order valence-electron chi connectivity index (χ4n) is 2.85. The van der Waals surface area contributed by atoms with Crippen molar-refractivity contribution in [3.05, 3.63) is 35.9 Å². The molecule has 3 heteroatoms. The summed E-state index contributed by atoms with van der Waals surface area (Å²) in [6.45, 7) is 5.78.